The Kier molecular flexibility index (Phi) is 5.86. The van der Waals surface area contributed by atoms with Crippen LogP contribution in [-0.4, -0.2) is 31.1 Å². The molecule has 1 aliphatic heterocycles. The molecular formula is C25H38ClNO. The van der Waals surface area contributed by atoms with Crippen molar-refractivity contribution in [3.63, 3.8) is 0 Å². The van der Waals surface area contributed by atoms with Crippen molar-refractivity contribution in [3.05, 3.63) is 35.9 Å². The molecular weight excluding hydrogens is 366 g/mol. The third-order valence-corrected chi connectivity index (χ3v) is 8.69. The van der Waals surface area contributed by atoms with Crippen molar-refractivity contribution < 1.29 is 4.74 Å². The highest BCUT2D eigenvalue weighted by molar-refractivity contribution is 5.85. The number of halogens is 1. The molecule has 5 fully saturated rings. The maximum absolute atomic E-state index is 6.99. The Hall–Kier alpha value is -0.570. The van der Waals surface area contributed by atoms with E-state index in [4.69, 9.17) is 4.74 Å². The highest BCUT2D eigenvalue weighted by atomic mass is 35.5. The second-order valence-electron chi connectivity index (χ2n) is 10.3. The number of ether oxygens (including phenoxy) is 1. The fraction of sp³-hybridized carbons (Fsp3) is 0.760. The van der Waals surface area contributed by atoms with E-state index in [0.29, 0.717) is 11.3 Å². The van der Waals surface area contributed by atoms with E-state index >= 15 is 0 Å². The SMILES string of the molecule is CCN(CC)CC1COC(c2ccccc2)(C23CC4CC(CC(C4)C2)C3)C1.Cl. The molecule has 1 aromatic carbocycles. The minimum Gasteiger partial charge on any atom is -0.369 e. The first-order valence-electron chi connectivity index (χ1n) is 11.6. The van der Waals surface area contributed by atoms with Crippen molar-refractivity contribution in [1.29, 1.82) is 0 Å². The minimum atomic E-state index is -0.0257. The Morgan fingerprint density at radius 1 is 0.893 bits per heavy atom. The average molecular weight is 404 g/mol. The zero-order chi connectivity index (χ0) is 18.5. The first kappa shape index (κ1) is 20.7. The predicted octanol–water partition coefficient (Wildman–Crippen LogP) is 5.90. The second-order valence-corrected chi connectivity index (χ2v) is 10.3. The van der Waals surface area contributed by atoms with Crippen LogP contribution in [0.3, 0.4) is 0 Å². The molecule has 2 unspecified atom stereocenters. The van der Waals surface area contributed by atoms with E-state index in [0.717, 1.165) is 37.5 Å². The summed E-state index contributed by atoms with van der Waals surface area (Å²) in [5, 5.41) is 0. The molecule has 4 bridgehead atoms. The topological polar surface area (TPSA) is 12.5 Å². The van der Waals surface area contributed by atoms with Gasteiger partial charge >= 0.3 is 0 Å². The van der Waals surface area contributed by atoms with Gasteiger partial charge in [-0.2, -0.15) is 0 Å². The molecule has 0 radical (unpaired) electrons. The van der Waals surface area contributed by atoms with Crippen LogP contribution in [0, 0.1) is 29.1 Å². The smallest absolute Gasteiger partial charge is 0.0991 e. The van der Waals surface area contributed by atoms with Crippen LogP contribution in [-0.2, 0) is 10.3 Å². The average Bonchev–Trinajstić information content (AvgIpc) is 3.11. The highest BCUT2D eigenvalue weighted by Crippen LogP contribution is 2.69. The van der Waals surface area contributed by atoms with Gasteiger partial charge in [-0.25, -0.2) is 0 Å². The lowest BCUT2D eigenvalue weighted by Gasteiger charge is -2.62. The minimum absolute atomic E-state index is 0. The molecule has 2 atom stereocenters. The van der Waals surface area contributed by atoms with Gasteiger partial charge in [0.1, 0.15) is 0 Å². The normalized spacial score (nSPS) is 41.4. The van der Waals surface area contributed by atoms with Crippen LogP contribution in [0.1, 0.15) is 64.4 Å². The van der Waals surface area contributed by atoms with Crippen LogP contribution in [0.2, 0.25) is 0 Å². The van der Waals surface area contributed by atoms with Crippen LogP contribution in [0.5, 0.6) is 0 Å². The molecule has 4 saturated carbocycles. The molecule has 6 rings (SSSR count). The van der Waals surface area contributed by atoms with E-state index in [-0.39, 0.29) is 18.0 Å². The van der Waals surface area contributed by atoms with Crippen molar-refractivity contribution in [2.45, 2.75) is 64.4 Å². The fourth-order valence-electron chi connectivity index (χ4n) is 7.94. The van der Waals surface area contributed by atoms with Gasteiger partial charge in [-0.3, -0.25) is 0 Å². The Labute approximate surface area is 177 Å². The molecule has 3 heteroatoms. The largest absolute Gasteiger partial charge is 0.369 e. The maximum Gasteiger partial charge on any atom is 0.0991 e. The van der Waals surface area contributed by atoms with E-state index in [2.05, 4.69) is 49.1 Å². The van der Waals surface area contributed by atoms with Gasteiger partial charge in [-0.1, -0.05) is 44.2 Å². The lowest BCUT2D eigenvalue weighted by Crippen LogP contribution is -2.56. The van der Waals surface area contributed by atoms with Crippen molar-refractivity contribution in [2.75, 3.05) is 26.2 Å². The first-order valence-corrected chi connectivity index (χ1v) is 11.6. The molecule has 28 heavy (non-hydrogen) atoms. The number of hydrogen-bond donors (Lipinski definition) is 0. The van der Waals surface area contributed by atoms with Crippen LogP contribution >= 0.6 is 12.4 Å². The summed E-state index contributed by atoms with van der Waals surface area (Å²) >= 11 is 0. The van der Waals surface area contributed by atoms with E-state index in [1.165, 1.54) is 57.1 Å². The lowest BCUT2D eigenvalue weighted by atomic mass is 9.44. The van der Waals surface area contributed by atoms with Gasteiger partial charge < -0.3 is 9.64 Å². The number of rotatable bonds is 6. The number of hydrogen-bond acceptors (Lipinski definition) is 2. The zero-order valence-corrected chi connectivity index (χ0v) is 18.6. The van der Waals surface area contributed by atoms with E-state index in [9.17, 15) is 0 Å². The molecule has 0 spiro atoms. The summed E-state index contributed by atoms with van der Waals surface area (Å²) < 4.78 is 6.99. The van der Waals surface area contributed by atoms with Crippen LogP contribution in [0.25, 0.3) is 0 Å². The zero-order valence-electron chi connectivity index (χ0n) is 17.7. The summed E-state index contributed by atoms with van der Waals surface area (Å²) in [5.41, 5.74) is 1.86. The summed E-state index contributed by atoms with van der Waals surface area (Å²) in [6.45, 7) is 9.05. The third kappa shape index (κ3) is 3.24. The summed E-state index contributed by atoms with van der Waals surface area (Å²) in [7, 11) is 0. The van der Waals surface area contributed by atoms with Crippen molar-refractivity contribution in [3.8, 4) is 0 Å². The standard InChI is InChI=1S/C25H37NO.ClH/c1-3-26(4-2)17-22-16-25(27-18-22,23-8-6-5-7-9-23)24-13-19-10-20(14-24)12-21(11-19)15-24;/h5-9,19-22H,3-4,10-18H2,1-2H3;1H. The van der Waals surface area contributed by atoms with Gasteiger partial charge in [-0.15, -0.1) is 12.4 Å². The second kappa shape index (κ2) is 7.93. The quantitative estimate of drug-likeness (QED) is 0.586. The molecule has 1 heterocycles. The number of nitrogens with zero attached hydrogens (tertiary/aromatic N) is 1. The van der Waals surface area contributed by atoms with Gasteiger partial charge in [0.2, 0.25) is 0 Å². The number of benzene rings is 1. The first-order chi connectivity index (χ1) is 13.2. The molecule has 0 aromatic heterocycles. The van der Waals surface area contributed by atoms with E-state index in [1.54, 1.807) is 0 Å². The van der Waals surface area contributed by atoms with Gasteiger partial charge in [0, 0.05) is 12.0 Å². The molecule has 4 aliphatic carbocycles. The lowest BCUT2D eigenvalue weighted by molar-refractivity contribution is -0.190. The Balaban J connectivity index is 0.00000192. The van der Waals surface area contributed by atoms with E-state index < -0.39 is 0 Å². The summed E-state index contributed by atoms with van der Waals surface area (Å²) in [4.78, 5) is 2.59. The van der Waals surface area contributed by atoms with Gasteiger partial charge in [-0.05, 0) is 87.3 Å². The Morgan fingerprint density at radius 2 is 1.46 bits per heavy atom. The summed E-state index contributed by atoms with van der Waals surface area (Å²) in [6.07, 6.45) is 10.0. The van der Waals surface area contributed by atoms with Gasteiger partial charge in [0.15, 0.2) is 0 Å². The molecule has 2 nitrogen and oxygen atoms in total. The van der Waals surface area contributed by atoms with Crippen molar-refractivity contribution >= 4 is 12.4 Å². The summed E-state index contributed by atoms with van der Waals surface area (Å²) in [5.74, 6) is 3.60. The van der Waals surface area contributed by atoms with Crippen LogP contribution in [0.15, 0.2) is 30.3 Å². The summed E-state index contributed by atoms with van der Waals surface area (Å²) in [6, 6.07) is 11.4. The third-order valence-electron chi connectivity index (χ3n) is 8.69. The van der Waals surface area contributed by atoms with Crippen LogP contribution in [0.4, 0.5) is 0 Å². The molecule has 0 amide bonds. The highest BCUT2D eigenvalue weighted by Gasteiger charge is 2.63. The van der Waals surface area contributed by atoms with Gasteiger partial charge in [0.25, 0.3) is 0 Å². The molecule has 5 aliphatic rings. The van der Waals surface area contributed by atoms with Gasteiger partial charge in [0.05, 0.1) is 12.2 Å². The maximum atomic E-state index is 6.99. The van der Waals surface area contributed by atoms with Crippen molar-refractivity contribution in [2.24, 2.45) is 29.1 Å². The molecule has 0 N–H and O–H groups in total. The molecule has 1 aromatic rings. The Morgan fingerprint density at radius 3 is 2.00 bits per heavy atom. The molecule has 1 saturated heterocycles. The fourth-order valence-corrected chi connectivity index (χ4v) is 7.94. The van der Waals surface area contributed by atoms with E-state index in [1.807, 2.05) is 0 Å². The Bertz CT molecular complexity index is 622. The van der Waals surface area contributed by atoms with Crippen LogP contribution < -0.4 is 0 Å². The molecule has 156 valence electrons. The predicted molar refractivity (Wildman–Crippen MR) is 118 cm³/mol. The van der Waals surface area contributed by atoms with Crippen molar-refractivity contribution in [1.82, 2.24) is 4.90 Å². The monoisotopic (exact) mass is 403 g/mol.